The van der Waals surface area contributed by atoms with Crippen LogP contribution >= 0.6 is 15.9 Å². The van der Waals surface area contributed by atoms with E-state index in [1.807, 2.05) is 0 Å². The summed E-state index contributed by atoms with van der Waals surface area (Å²) in [5, 5.41) is 2.51. The normalized spacial score (nSPS) is 10.3. The summed E-state index contributed by atoms with van der Waals surface area (Å²) in [5.41, 5.74) is 0.00694. The lowest BCUT2D eigenvalue weighted by atomic mass is 10.1. The smallest absolute Gasteiger partial charge is 0.230 e. The number of anilines is 1. The third-order valence-corrected chi connectivity index (χ3v) is 2.84. The summed E-state index contributed by atoms with van der Waals surface area (Å²) in [7, 11) is 0. The molecular weight excluding hydrogens is 318 g/mol. The highest BCUT2D eigenvalue weighted by Crippen LogP contribution is 2.14. The molecule has 0 saturated carbocycles. The van der Waals surface area contributed by atoms with Crippen LogP contribution < -0.4 is 5.32 Å². The van der Waals surface area contributed by atoms with Gasteiger partial charge in [-0.1, -0.05) is 15.9 Å². The van der Waals surface area contributed by atoms with Crippen LogP contribution in [0.4, 0.5) is 14.6 Å². The van der Waals surface area contributed by atoms with E-state index in [9.17, 15) is 13.6 Å². The van der Waals surface area contributed by atoms with E-state index in [2.05, 4.69) is 26.2 Å². The molecule has 0 bridgehead atoms. The number of hydrogen-bond acceptors (Lipinski definition) is 2. The van der Waals surface area contributed by atoms with Gasteiger partial charge in [0.25, 0.3) is 0 Å². The standard InChI is InChI=1S/C13H9BrF2N2O/c14-9-3-4-17-12(7-9)18-13(19)6-8-5-10(15)1-2-11(8)16/h1-5,7H,6H2,(H,17,18,19). The van der Waals surface area contributed by atoms with Gasteiger partial charge < -0.3 is 5.32 Å². The summed E-state index contributed by atoms with van der Waals surface area (Å²) in [6.07, 6.45) is 1.26. The molecular formula is C13H9BrF2N2O. The Labute approximate surface area is 116 Å². The van der Waals surface area contributed by atoms with Crippen molar-refractivity contribution in [3.63, 3.8) is 0 Å². The first-order valence-electron chi connectivity index (χ1n) is 5.40. The maximum absolute atomic E-state index is 13.4. The summed E-state index contributed by atoms with van der Waals surface area (Å²) < 4.78 is 27.1. The second kappa shape index (κ2) is 5.88. The van der Waals surface area contributed by atoms with Gasteiger partial charge in [-0.25, -0.2) is 13.8 Å². The van der Waals surface area contributed by atoms with Crippen LogP contribution in [-0.4, -0.2) is 10.9 Å². The lowest BCUT2D eigenvalue weighted by molar-refractivity contribution is -0.115. The Morgan fingerprint density at radius 2 is 2.05 bits per heavy atom. The van der Waals surface area contributed by atoms with E-state index in [1.54, 1.807) is 12.1 Å². The maximum atomic E-state index is 13.4. The molecule has 0 aliphatic rings. The fourth-order valence-electron chi connectivity index (χ4n) is 1.51. The highest BCUT2D eigenvalue weighted by atomic mass is 79.9. The molecule has 6 heteroatoms. The van der Waals surface area contributed by atoms with Crippen molar-refractivity contribution in [1.82, 2.24) is 4.98 Å². The van der Waals surface area contributed by atoms with Gasteiger partial charge in [0.2, 0.25) is 5.91 Å². The van der Waals surface area contributed by atoms with Gasteiger partial charge in [-0.15, -0.1) is 0 Å². The largest absolute Gasteiger partial charge is 0.310 e. The van der Waals surface area contributed by atoms with Gasteiger partial charge in [0.15, 0.2) is 0 Å². The molecule has 2 rings (SSSR count). The van der Waals surface area contributed by atoms with Gasteiger partial charge in [-0.05, 0) is 30.3 Å². The first kappa shape index (κ1) is 13.6. The molecule has 1 aromatic heterocycles. The van der Waals surface area contributed by atoms with Crippen molar-refractivity contribution < 1.29 is 13.6 Å². The number of rotatable bonds is 3. The quantitative estimate of drug-likeness (QED) is 0.940. The molecule has 0 unspecified atom stereocenters. The molecule has 0 saturated heterocycles. The molecule has 0 aliphatic carbocycles. The number of carbonyl (C=O) groups excluding carboxylic acids is 1. The molecule has 1 heterocycles. The Balaban J connectivity index is 2.07. The number of hydrogen-bond donors (Lipinski definition) is 1. The molecule has 3 nitrogen and oxygen atoms in total. The molecule has 1 N–H and O–H groups in total. The zero-order valence-electron chi connectivity index (χ0n) is 9.66. The molecule has 0 fully saturated rings. The Morgan fingerprint density at radius 1 is 1.26 bits per heavy atom. The van der Waals surface area contributed by atoms with Crippen LogP contribution in [0.1, 0.15) is 5.56 Å². The van der Waals surface area contributed by atoms with Gasteiger partial charge in [-0.3, -0.25) is 4.79 Å². The van der Waals surface area contributed by atoms with Crippen LogP contribution in [0.2, 0.25) is 0 Å². The van der Waals surface area contributed by atoms with Crippen molar-refractivity contribution in [2.45, 2.75) is 6.42 Å². The first-order chi connectivity index (χ1) is 9.04. The summed E-state index contributed by atoms with van der Waals surface area (Å²) in [6.45, 7) is 0. The minimum atomic E-state index is -0.612. The number of nitrogens with one attached hydrogen (secondary N) is 1. The second-order valence-electron chi connectivity index (χ2n) is 3.82. The fourth-order valence-corrected chi connectivity index (χ4v) is 1.85. The number of halogens is 3. The molecule has 19 heavy (non-hydrogen) atoms. The minimum Gasteiger partial charge on any atom is -0.310 e. The number of benzene rings is 1. The average Bonchev–Trinajstić information content (AvgIpc) is 2.34. The van der Waals surface area contributed by atoms with Crippen molar-refractivity contribution >= 4 is 27.7 Å². The Morgan fingerprint density at radius 3 is 2.79 bits per heavy atom. The fraction of sp³-hybridized carbons (Fsp3) is 0.0769. The zero-order chi connectivity index (χ0) is 13.8. The van der Waals surface area contributed by atoms with E-state index in [0.29, 0.717) is 5.82 Å². The van der Waals surface area contributed by atoms with Crippen LogP contribution in [0.3, 0.4) is 0 Å². The highest BCUT2D eigenvalue weighted by molar-refractivity contribution is 9.10. The predicted molar refractivity (Wildman–Crippen MR) is 70.6 cm³/mol. The third-order valence-electron chi connectivity index (χ3n) is 2.35. The monoisotopic (exact) mass is 326 g/mol. The average molecular weight is 327 g/mol. The van der Waals surface area contributed by atoms with Crippen molar-refractivity contribution in [3.05, 3.63) is 58.2 Å². The third kappa shape index (κ3) is 3.82. The minimum absolute atomic E-state index is 0.00694. The molecule has 0 spiro atoms. The van der Waals surface area contributed by atoms with Crippen LogP contribution in [0.5, 0.6) is 0 Å². The van der Waals surface area contributed by atoms with E-state index in [-0.39, 0.29) is 12.0 Å². The van der Waals surface area contributed by atoms with Gasteiger partial charge in [-0.2, -0.15) is 0 Å². The molecule has 2 aromatic rings. The molecule has 1 amide bonds. The van der Waals surface area contributed by atoms with Gasteiger partial charge >= 0.3 is 0 Å². The van der Waals surface area contributed by atoms with Gasteiger partial charge in [0.05, 0.1) is 6.42 Å². The van der Waals surface area contributed by atoms with E-state index >= 15 is 0 Å². The van der Waals surface area contributed by atoms with Crippen molar-refractivity contribution in [3.8, 4) is 0 Å². The van der Waals surface area contributed by atoms with E-state index in [1.165, 1.54) is 6.20 Å². The van der Waals surface area contributed by atoms with Crippen molar-refractivity contribution in [2.24, 2.45) is 0 Å². The lowest BCUT2D eigenvalue weighted by Crippen LogP contribution is -2.16. The summed E-state index contributed by atoms with van der Waals surface area (Å²) >= 11 is 3.24. The number of aromatic nitrogens is 1. The highest BCUT2D eigenvalue weighted by Gasteiger charge is 2.10. The zero-order valence-corrected chi connectivity index (χ0v) is 11.2. The predicted octanol–water partition coefficient (Wildman–Crippen LogP) is 3.30. The molecule has 0 atom stereocenters. The van der Waals surface area contributed by atoms with Crippen molar-refractivity contribution in [2.75, 3.05) is 5.32 Å². The van der Waals surface area contributed by atoms with Crippen LogP contribution in [0.15, 0.2) is 41.0 Å². The van der Waals surface area contributed by atoms with Gasteiger partial charge in [0.1, 0.15) is 17.5 Å². The van der Waals surface area contributed by atoms with E-state index < -0.39 is 17.5 Å². The Kier molecular flexibility index (Phi) is 4.21. The topological polar surface area (TPSA) is 42.0 Å². The van der Waals surface area contributed by atoms with Crippen LogP contribution in [0.25, 0.3) is 0 Å². The Bertz CT molecular complexity index is 619. The van der Waals surface area contributed by atoms with Crippen LogP contribution in [0, 0.1) is 11.6 Å². The van der Waals surface area contributed by atoms with Gasteiger partial charge in [0, 0.05) is 16.2 Å². The molecule has 98 valence electrons. The SMILES string of the molecule is O=C(Cc1cc(F)ccc1F)Nc1cc(Br)ccn1. The number of carbonyl (C=O) groups is 1. The summed E-state index contributed by atoms with van der Waals surface area (Å²) in [5.74, 6) is -1.31. The number of nitrogens with zero attached hydrogens (tertiary/aromatic N) is 1. The van der Waals surface area contributed by atoms with E-state index in [4.69, 9.17) is 0 Å². The number of pyridine rings is 1. The summed E-state index contributed by atoms with van der Waals surface area (Å²) in [4.78, 5) is 15.6. The lowest BCUT2D eigenvalue weighted by Gasteiger charge is -2.05. The molecule has 0 radical (unpaired) electrons. The van der Waals surface area contributed by atoms with Crippen LogP contribution in [-0.2, 0) is 11.2 Å². The number of amides is 1. The molecule has 0 aliphatic heterocycles. The first-order valence-corrected chi connectivity index (χ1v) is 6.19. The Hall–Kier alpha value is -1.82. The second-order valence-corrected chi connectivity index (χ2v) is 4.74. The molecule has 1 aromatic carbocycles. The maximum Gasteiger partial charge on any atom is 0.230 e. The summed E-state index contributed by atoms with van der Waals surface area (Å²) in [6, 6.07) is 6.33. The van der Waals surface area contributed by atoms with Crippen molar-refractivity contribution in [1.29, 1.82) is 0 Å². The van der Waals surface area contributed by atoms with E-state index in [0.717, 1.165) is 22.7 Å².